The number of rotatable bonds is 17. The molecule has 166 valence electrons. The van der Waals surface area contributed by atoms with Crippen LogP contribution in [-0.2, 0) is 6.54 Å². The van der Waals surface area contributed by atoms with E-state index in [0.29, 0.717) is 19.2 Å². The van der Waals surface area contributed by atoms with Gasteiger partial charge in [-0.2, -0.15) is 0 Å². The first-order chi connectivity index (χ1) is 14.7. The third kappa shape index (κ3) is 9.02. The topological polar surface area (TPSA) is 64.3 Å². The molecule has 5 nitrogen and oxygen atoms in total. The summed E-state index contributed by atoms with van der Waals surface area (Å²) in [6.07, 6.45) is 17.0. The van der Waals surface area contributed by atoms with Gasteiger partial charge in [0.1, 0.15) is 5.69 Å². The van der Waals surface area contributed by atoms with E-state index in [-0.39, 0.29) is 5.69 Å². The van der Waals surface area contributed by atoms with Crippen LogP contribution >= 0.6 is 0 Å². The molecule has 0 aliphatic carbocycles. The Hall–Kier alpha value is -2.30. The number of carbonyl (C=O) groups is 1. The zero-order chi connectivity index (χ0) is 21.4. The summed E-state index contributed by atoms with van der Waals surface area (Å²) in [4.78, 5) is 15.7. The molecule has 0 amide bonds. The third-order valence-corrected chi connectivity index (χ3v) is 5.45. The van der Waals surface area contributed by atoms with E-state index in [9.17, 15) is 9.90 Å². The molecule has 1 aromatic heterocycles. The second-order valence-corrected chi connectivity index (χ2v) is 8.04. The summed E-state index contributed by atoms with van der Waals surface area (Å²) in [5, 5.41) is 9.42. The first-order valence-electron chi connectivity index (χ1n) is 11.7. The van der Waals surface area contributed by atoms with Gasteiger partial charge in [0.15, 0.2) is 0 Å². The quantitative estimate of drug-likeness (QED) is 0.292. The van der Waals surface area contributed by atoms with Gasteiger partial charge in [0, 0.05) is 0 Å². The van der Waals surface area contributed by atoms with Gasteiger partial charge in [-0.1, -0.05) is 108 Å². The molecule has 0 aliphatic heterocycles. The molecule has 2 rings (SSSR count). The Morgan fingerprint density at radius 1 is 0.900 bits per heavy atom. The SMILES string of the molecule is CCCCCCCCCCCCCCOc1ncc(C(=O)O)n1Cc1ccccc1. The number of aromatic nitrogens is 2. The highest BCUT2D eigenvalue weighted by atomic mass is 16.5. The first-order valence-corrected chi connectivity index (χ1v) is 11.7. The summed E-state index contributed by atoms with van der Waals surface area (Å²) in [5.74, 6) is -0.987. The highest BCUT2D eigenvalue weighted by Gasteiger charge is 2.17. The Labute approximate surface area is 181 Å². The van der Waals surface area contributed by atoms with Crippen LogP contribution in [0.1, 0.15) is 100 Å². The second kappa shape index (κ2) is 14.6. The lowest BCUT2D eigenvalue weighted by atomic mass is 10.1. The van der Waals surface area contributed by atoms with Gasteiger partial charge in [0.25, 0.3) is 6.01 Å². The number of imidazole rings is 1. The minimum absolute atomic E-state index is 0.156. The lowest BCUT2D eigenvalue weighted by Crippen LogP contribution is -2.12. The Balaban J connectivity index is 1.61. The van der Waals surface area contributed by atoms with Gasteiger partial charge >= 0.3 is 5.97 Å². The van der Waals surface area contributed by atoms with Crippen molar-refractivity contribution in [1.82, 2.24) is 9.55 Å². The van der Waals surface area contributed by atoms with E-state index in [1.54, 1.807) is 4.57 Å². The minimum atomic E-state index is -0.987. The second-order valence-electron chi connectivity index (χ2n) is 8.04. The Morgan fingerprint density at radius 2 is 1.47 bits per heavy atom. The van der Waals surface area contributed by atoms with Gasteiger partial charge in [-0.05, 0) is 12.0 Å². The molecule has 0 saturated carbocycles. The van der Waals surface area contributed by atoms with E-state index in [1.807, 2.05) is 30.3 Å². The number of hydrogen-bond donors (Lipinski definition) is 1. The summed E-state index contributed by atoms with van der Waals surface area (Å²) >= 11 is 0. The molecule has 0 radical (unpaired) electrons. The number of benzene rings is 1. The molecule has 1 heterocycles. The van der Waals surface area contributed by atoms with Crippen molar-refractivity contribution in [3.8, 4) is 6.01 Å². The minimum Gasteiger partial charge on any atom is -0.477 e. The average Bonchev–Trinajstić information content (AvgIpc) is 3.15. The normalized spacial score (nSPS) is 11.0. The van der Waals surface area contributed by atoms with Crippen molar-refractivity contribution in [2.24, 2.45) is 0 Å². The number of carboxylic acid groups (broad SMARTS) is 1. The number of nitrogens with zero attached hydrogens (tertiary/aromatic N) is 2. The standard InChI is InChI=1S/C25H38N2O3/c1-2-3-4-5-6-7-8-9-10-11-12-16-19-30-25-26-20-23(24(28)29)27(25)21-22-17-14-13-15-18-22/h13-15,17-18,20H,2-12,16,19,21H2,1H3,(H,28,29). The van der Waals surface area contributed by atoms with Gasteiger partial charge in [-0.3, -0.25) is 4.57 Å². The molecule has 0 saturated heterocycles. The van der Waals surface area contributed by atoms with Crippen LogP contribution in [0.25, 0.3) is 0 Å². The fourth-order valence-corrected chi connectivity index (χ4v) is 3.67. The van der Waals surface area contributed by atoms with Crippen molar-refractivity contribution in [1.29, 1.82) is 0 Å². The van der Waals surface area contributed by atoms with Gasteiger partial charge in [0.05, 0.1) is 19.3 Å². The highest BCUT2D eigenvalue weighted by molar-refractivity contribution is 5.85. The number of hydrogen-bond acceptors (Lipinski definition) is 3. The van der Waals surface area contributed by atoms with Crippen molar-refractivity contribution < 1.29 is 14.6 Å². The Kier molecular flexibility index (Phi) is 11.7. The molecule has 0 fully saturated rings. The van der Waals surface area contributed by atoms with Crippen LogP contribution in [0.2, 0.25) is 0 Å². The first kappa shape index (κ1) is 24.0. The van der Waals surface area contributed by atoms with Crippen LogP contribution in [0.4, 0.5) is 0 Å². The molecule has 5 heteroatoms. The van der Waals surface area contributed by atoms with E-state index >= 15 is 0 Å². The van der Waals surface area contributed by atoms with E-state index in [1.165, 1.54) is 70.4 Å². The predicted molar refractivity (Wildman–Crippen MR) is 121 cm³/mol. The molecule has 0 spiro atoms. The van der Waals surface area contributed by atoms with Crippen LogP contribution < -0.4 is 4.74 Å². The lowest BCUT2D eigenvalue weighted by molar-refractivity contribution is 0.0684. The smallest absolute Gasteiger partial charge is 0.354 e. The summed E-state index contributed by atoms with van der Waals surface area (Å²) in [6, 6.07) is 10.2. The monoisotopic (exact) mass is 414 g/mol. The maximum Gasteiger partial charge on any atom is 0.354 e. The fraction of sp³-hybridized carbons (Fsp3) is 0.600. The molecular formula is C25H38N2O3. The largest absolute Gasteiger partial charge is 0.477 e. The summed E-state index contributed by atoms with van der Waals surface area (Å²) < 4.78 is 7.46. The van der Waals surface area contributed by atoms with Gasteiger partial charge < -0.3 is 9.84 Å². The molecule has 30 heavy (non-hydrogen) atoms. The van der Waals surface area contributed by atoms with Crippen molar-refractivity contribution in [2.45, 2.75) is 90.5 Å². The molecule has 1 aromatic carbocycles. The maximum atomic E-state index is 11.5. The number of ether oxygens (including phenoxy) is 1. The van der Waals surface area contributed by atoms with Crippen molar-refractivity contribution in [2.75, 3.05) is 6.61 Å². The van der Waals surface area contributed by atoms with E-state index in [2.05, 4.69) is 11.9 Å². The van der Waals surface area contributed by atoms with Crippen molar-refractivity contribution in [3.05, 3.63) is 47.8 Å². The number of carboxylic acids is 1. The van der Waals surface area contributed by atoms with Crippen LogP contribution in [-0.4, -0.2) is 27.2 Å². The predicted octanol–water partition coefficient (Wildman–Crippen LogP) is 6.71. The van der Waals surface area contributed by atoms with Gasteiger partial charge in [-0.15, -0.1) is 0 Å². The molecule has 0 atom stereocenters. The Morgan fingerprint density at radius 3 is 2.03 bits per heavy atom. The maximum absolute atomic E-state index is 11.5. The molecule has 0 bridgehead atoms. The summed E-state index contributed by atoms with van der Waals surface area (Å²) in [6.45, 7) is 3.27. The molecule has 0 aliphatic rings. The van der Waals surface area contributed by atoms with Crippen LogP contribution in [0, 0.1) is 0 Å². The molecule has 0 unspecified atom stereocenters. The Bertz CT molecular complexity index is 712. The third-order valence-electron chi connectivity index (χ3n) is 5.45. The van der Waals surface area contributed by atoms with Crippen LogP contribution in [0.15, 0.2) is 36.5 Å². The van der Waals surface area contributed by atoms with Gasteiger partial charge in [-0.25, -0.2) is 9.78 Å². The summed E-state index contributed by atoms with van der Waals surface area (Å²) in [5.41, 5.74) is 1.18. The zero-order valence-electron chi connectivity index (χ0n) is 18.5. The number of aromatic carboxylic acids is 1. The fourth-order valence-electron chi connectivity index (χ4n) is 3.67. The highest BCUT2D eigenvalue weighted by Crippen LogP contribution is 2.17. The molecular weight excluding hydrogens is 376 g/mol. The van der Waals surface area contributed by atoms with Crippen LogP contribution in [0.3, 0.4) is 0 Å². The van der Waals surface area contributed by atoms with E-state index < -0.39 is 5.97 Å². The summed E-state index contributed by atoms with van der Waals surface area (Å²) in [7, 11) is 0. The molecule has 1 N–H and O–H groups in total. The van der Waals surface area contributed by atoms with Crippen molar-refractivity contribution >= 4 is 5.97 Å². The number of unbranched alkanes of at least 4 members (excludes halogenated alkanes) is 11. The van der Waals surface area contributed by atoms with E-state index in [0.717, 1.165) is 18.4 Å². The van der Waals surface area contributed by atoms with E-state index in [4.69, 9.17) is 4.74 Å². The van der Waals surface area contributed by atoms with Crippen LogP contribution in [0.5, 0.6) is 6.01 Å². The lowest BCUT2D eigenvalue weighted by Gasteiger charge is -2.11. The molecule has 2 aromatic rings. The average molecular weight is 415 g/mol. The van der Waals surface area contributed by atoms with Crippen molar-refractivity contribution in [3.63, 3.8) is 0 Å². The zero-order valence-corrected chi connectivity index (χ0v) is 18.5. The van der Waals surface area contributed by atoms with Gasteiger partial charge in [0.2, 0.25) is 0 Å².